The van der Waals surface area contributed by atoms with Crippen LogP contribution >= 0.6 is 0 Å². The van der Waals surface area contributed by atoms with Crippen molar-refractivity contribution in [1.82, 2.24) is 20.3 Å². The second-order valence-electron chi connectivity index (χ2n) is 6.66. The minimum absolute atomic E-state index is 0.131. The van der Waals surface area contributed by atoms with Crippen LogP contribution in [0.1, 0.15) is 29.9 Å². The topological polar surface area (TPSA) is 73.0 Å². The molecule has 0 aliphatic carbocycles. The maximum Gasteiger partial charge on any atom is 0.226 e. The number of nitrogens with one attached hydrogen (secondary N) is 1. The molecule has 0 fully saturated rings. The Bertz CT molecular complexity index is 1130. The molecular weight excluding hydrogens is 359 g/mol. The number of halogens is 1. The third-order valence-corrected chi connectivity index (χ3v) is 4.74. The Labute approximate surface area is 161 Å². The fourth-order valence-corrected chi connectivity index (χ4v) is 3.28. The predicted octanol–water partition coefficient (Wildman–Crippen LogP) is 3.88. The Kier molecular flexibility index (Phi) is 4.65. The van der Waals surface area contributed by atoms with Gasteiger partial charge in [-0.1, -0.05) is 17.3 Å². The van der Waals surface area contributed by atoms with Crippen molar-refractivity contribution in [3.05, 3.63) is 77.5 Å². The third-order valence-electron chi connectivity index (χ3n) is 4.74. The van der Waals surface area contributed by atoms with Crippen molar-refractivity contribution in [2.75, 3.05) is 0 Å². The van der Waals surface area contributed by atoms with E-state index in [0.29, 0.717) is 11.3 Å². The predicted molar refractivity (Wildman–Crippen MR) is 103 cm³/mol. The number of aromatic nitrogens is 3. The highest BCUT2D eigenvalue weighted by molar-refractivity contribution is 5.86. The van der Waals surface area contributed by atoms with Gasteiger partial charge in [0.25, 0.3) is 0 Å². The van der Waals surface area contributed by atoms with Gasteiger partial charge in [-0.05, 0) is 50.2 Å². The highest BCUT2D eigenvalue weighted by Crippen LogP contribution is 2.21. The number of nitrogens with zero attached hydrogens (tertiary/aromatic N) is 3. The summed E-state index contributed by atoms with van der Waals surface area (Å²) in [4.78, 5) is 12.5. The Hall–Kier alpha value is -3.48. The zero-order valence-electron chi connectivity index (χ0n) is 15.5. The van der Waals surface area contributed by atoms with Crippen molar-refractivity contribution in [3.63, 3.8) is 0 Å². The van der Waals surface area contributed by atoms with Crippen molar-refractivity contribution >= 4 is 16.9 Å². The van der Waals surface area contributed by atoms with Crippen LogP contribution in [-0.2, 0) is 11.2 Å². The van der Waals surface area contributed by atoms with Gasteiger partial charge in [0.1, 0.15) is 11.5 Å². The summed E-state index contributed by atoms with van der Waals surface area (Å²) in [5.41, 5.74) is 3.81. The minimum atomic E-state index is -0.296. The number of hydrogen-bond donors (Lipinski definition) is 1. The molecule has 142 valence electrons. The molecule has 0 bridgehead atoms. The van der Waals surface area contributed by atoms with Crippen molar-refractivity contribution in [2.24, 2.45) is 0 Å². The van der Waals surface area contributed by atoms with Crippen LogP contribution in [0.15, 0.2) is 59.3 Å². The van der Waals surface area contributed by atoms with Gasteiger partial charge in [-0.15, -0.1) is 0 Å². The van der Waals surface area contributed by atoms with Crippen LogP contribution in [0, 0.1) is 12.7 Å². The summed E-state index contributed by atoms with van der Waals surface area (Å²) in [7, 11) is 0. The summed E-state index contributed by atoms with van der Waals surface area (Å²) >= 11 is 0. The summed E-state index contributed by atoms with van der Waals surface area (Å²) in [6, 6.07) is 13.3. The number of rotatable bonds is 5. The zero-order chi connectivity index (χ0) is 19.7. The summed E-state index contributed by atoms with van der Waals surface area (Å²) in [5.74, 6) is -0.449. The maximum absolute atomic E-state index is 13.1. The molecule has 0 radical (unpaired) electrons. The molecule has 0 aliphatic rings. The van der Waals surface area contributed by atoms with Gasteiger partial charge < -0.3 is 9.84 Å². The molecule has 2 aromatic heterocycles. The molecule has 6 nitrogen and oxygen atoms in total. The molecule has 28 heavy (non-hydrogen) atoms. The first-order valence-electron chi connectivity index (χ1n) is 8.96. The first-order valence-corrected chi connectivity index (χ1v) is 8.96. The van der Waals surface area contributed by atoms with Gasteiger partial charge in [0.2, 0.25) is 5.91 Å². The molecule has 1 atom stereocenters. The van der Waals surface area contributed by atoms with Gasteiger partial charge in [0.15, 0.2) is 5.58 Å². The molecule has 4 rings (SSSR count). The van der Waals surface area contributed by atoms with E-state index >= 15 is 0 Å². The normalized spacial score (nSPS) is 12.2. The average Bonchev–Trinajstić information content (AvgIpc) is 3.26. The molecule has 0 unspecified atom stereocenters. The number of carbonyl (C=O) groups is 1. The Balaban J connectivity index is 1.48. The molecule has 0 aliphatic heterocycles. The molecule has 1 N–H and O–H groups in total. The fraction of sp³-hybridized carbons (Fsp3) is 0.190. The van der Waals surface area contributed by atoms with Crippen LogP contribution in [0.4, 0.5) is 4.39 Å². The van der Waals surface area contributed by atoms with E-state index in [4.69, 9.17) is 4.52 Å². The molecule has 4 aromatic rings. The van der Waals surface area contributed by atoms with Crippen LogP contribution in [0.2, 0.25) is 0 Å². The van der Waals surface area contributed by atoms with E-state index in [0.717, 1.165) is 22.3 Å². The molecular formula is C21H19FN4O2. The average molecular weight is 378 g/mol. The highest BCUT2D eigenvalue weighted by Gasteiger charge is 2.18. The molecule has 2 aromatic carbocycles. The molecule has 0 saturated carbocycles. The van der Waals surface area contributed by atoms with E-state index in [1.807, 2.05) is 38.1 Å². The summed E-state index contributed by atoms with van der Waals surface area (Å²) in [5, 5.41) is 12.2. The minimum Gasteiger partial charge on any atom is -0.356 e. The van der Waals surface area contributed by atoms with Crippen molar-refractivity contribution in [1.29, 1.82) is 0 Å². The van der Waals surface area contributed by atoms with Crippen LogP contribution in [0.5, 0.6) is 0 Å². The van der Waals surface area contributed by atoms with E-state index in [-0.39, 0.29) is 24.2 Å². The smallest absolute Gasteiger partial charge is 0.226 e. The first kappa shape index (κ1) is 17.9. The molecule has 2 heterocycles. The lowest BCUT2D eigenvalue weighted by molar-refractivity contribution is -0.121. The maximum atomic E-state index is 13.1. The quantitative estimate of drug-likeness (QED) is 0.572. The van der Waals surface area contributed by atoms with E-state index < -0.39 is 0 Å². The van der Waals surface area contributed by atoms with E-state index in [2.05, 4.69) is 15.6 Å². The monoisotopic (exact) mass is 378 g/mol. The van der Waals surface area contributed by atoms with Gasteiger partial charge >= 0.3 is 0 Å². The lowest BCUT2D eigenvalue weighted by Crippen LogP contribution is -2.28. The van der Waals surface area contributed by atoms with E-state index in [1.165, 1.54) is 12.1 Å². The van der Waals surface area contributed by atoms with Crippen LogP contribution < -0.4 is 5.32 Å². The molecule has 0 spiro atoms. The van der Waals surface area contributed by atoms with Gasteiger partial charge in [0.05, 0.1) is 24.3 Å². The second kappa shape index (κ2) is 7.26. The van der Waals surface area contributed by atoms with Crippen molar-refractivity contribution in [3.8, 4) is 5.69 Å². The number of hydrogen-bond acceptors (Lipinski definition) is 4. The Morgan fingerprint density at radius 3 is 2.75 bits per heavy atom. The molecule has 1 amide bonds. The van der Waals surface area contributed by atoms with Gasteiger partial charge in [-0.25, -0.2) is 9.07 Å². The molecule has 7 heteroatoms. The van der Waals surface area contributed by atoms with Crippen LogP contribution in [0.25, 0.3) is 16.7 Å². The number of para-hydroxylation sites is 1. The summed E-state index contributed by atoms with van der Waals surface area (Å²) in [6.45, 7) is 3.82. The summed E-state index contributed by atoms with van der Waals surface area (Å²) in [6.07, 6.45) is 1.85. The van der Waals surface area contributed by atoms with Gasteiger partial charge in [-0.3, -0.25) is 4.79 Å². The van der Waals surface area contributed by atoms with Crippen molar-refractivity contribution in [2.45, 2.75) is 26.3 Å². The van der Waals surface area contributed by atoms with Gasteiger partial charge in [0, 0.05) is 16.6 Å². The SMILES string of the molecule is Cc1c([C@H](C)NC(=O)Cc2noc3ccccc23)cnn1-c1ccc(F)cc1. The Morgan fingerprint density at radius 1 is 1.21 bits per heavy atom. The van der Waals surface area contributed by atoms with Crippen LogP contribution in [-0.4, -0.2) is 20.8 Å². The van der Waals surface area contributed by atoms with Gasteiger partial charge in [-0.2, -0.15) is 5.10 Å². The van der Waals surface area contributed by atoms with E-state index in [9.17, 15) is 9.18 Å². The highest BCUT2D eigenvalue weighted by atomic mass is 19.1. The molecule has 0 saturated heterocycles. The number of amides is 1. The first-order chi connectivity index (χ1) is 13.5. The largest absolute Gasteiger partial charge is 0.356 e. The van der Waals surface area contributed by atoms with E-state index in [1.54, 1.807) is 23.0 Å². The number of fused-ring (bicyclic) bond motifs is 1. The second-order valence-corrected chi connectivity index (χ2v) is 6.66. The number of carbonyl (C=O) groups excluding carboxylic acids is 1. The zero-order valence-corrected chi connectivity index (χ0v) is 15.5. The standard InChI is InChI=1S/C21H19FN4O2/c1-13(18-12-23-26(14(18)2)16-9-7-15(22)8-10-16)24-21(27)11-19-17-5-3-4-6-20(17)28-25-19/h3-10,12-13H,11H2,1-2H3,(H,24,27)/t13-/m0/s1. The third kappa shape index (κ3) is 3.38. The fourth-order valence-electron chi connectivity index (χ4n) is 3.28. The Morgan fingerprint density at radius 2 is 1.96 bits per heavy atom. The lowest BCUT2D eigenvalue weighted by Gasteiger charge is -2.14. The van der Waals surface area contributed by atoms with Crippen molar-refractivity contribution < 1.29 is 13.7 Å². The lowest BCUT2D eigenvalue weighted by atomic mass is 10.1. The summed E-state index contributed by atoms with van der Waals surface area (Å²) < 4.78 is 20.1. The van der Waals surface area contributed by atoms with Crippen LogP contribution in [0.3, 0.4) is 0 Å². The number of benzene rings is 2.